The van der Waals surface area contributed by atoms with Gasteiger partial charge in [0, 0.05) is 24.3 Å². The van der Waals surface area contributed by atoms with E-state index in [1.54, 1.807) is 6.07 Å². The average Bonchev–Trinajstić information content (AvgIpc) is 2.60. The van der Waals surface area contributed by atoms with Crippen LogP contribution in [-0.2, 0) is 6.54 Å². The molecule has 0 saturated heterocycles. The molecule has 2 rings (SSSR count). The molecule has 24 heavy (non-hydrogen) atoms. The van der Waals surface area contributed by atoms with Crippen LogP contribution in [0.1, 0.15) is 52.2 Å². The van der Waals surface area contributed by atoms with E-state index >= 15 is 0 Å². The minimum atomic E-state index is -0.266. The highest BCUT2D eigenvalue weighted by molar-refractivity contribution is 5.98. The molecule has 0 bridgehead atoms. The fourth-order valence-corrected chi connectivity index (χ4v) is 2.09. The molecule has 2 amide bonds. The predicted molar refractivity (Wildman–Crippen MR) is 93.8 cm³/mol. The van der Waals surface area contributed by atoms with E-state index in [9.17, 15) is 9.59 Å². The first-order chi connectivity index (χ1) is 11.5. The summed E-state index contributed by atoms with van der Waals surface area (Å²) in [5, 5.41) is 5.70. The molecular formula is C19H23N3O2. The Morgan fingerprint density at radius 3 is 2.50 bits per heavy atom. The smallest absolute Gasteiger partial charge is 0.270 e. The number of rotatable bonds is 6. The molecular weight excluding hydrogens is 302 g/mol. The Morgan fingerprint density at radius 1 is 1.12 bits per heavy atom. The molecule has 0 aliphatic rings. The van der Waals surface area contributed by atoms with Gasteiger partial charge in [-0.25, -0.2) is 0 Å². The van der Waals surface area contributed by atoms with Gasteiger partial charge in [-0.3, -0.25) is 14.6 Å². The predicted octanol–water partition coefficient (Wildman–Crippen LogP) is 2.85. The zero-order valence-electron chi connectivity index (χ0n) is 14.3. The van der Waals surface area contributed by atoms with Crippen molar-refractivity contribution >= 4 is 11.8 Å². The number of nitrogens with one attached hydrogen (secondary N) is 2. The lowest BCUT2D eigenvalue weighted by molar-refractivity contribution is 0.0934. The summed E-state index contributed by atoms with van der Waals surface area (Å²) in [5.41, 5.74) is 2.87. The Bertz CT molecular complexity index is 711. The zero-order valence-corrected chi connectivity index (χ0v) is 14.3. The minimum Gasteiger partial charge on any atom is -0.348 e. The Labute approximate surface area is 142 Å². The maximum Gasteiger partial charge on any atom is 0.270 e. The summed E-state index contributed by atoms with van der Waals surface area (Å²) >= 11 is 0. The minimum absolute atomic E-state index is 0.0679. The molecule has 0 spiro atoms. The number of hydrogen-bond acceptors (Lipinski definition) is 3. The zero-order chi connectivity index (χ0) is 17.5. The largest absolute Gasteiger partial charge is 0.348 e. The molecule has 5 heteroatoms. The van der Waals surface area contributed by atoms with Gasteiger partial charge in [0.1, 0.15) is 5.69 Å². The van der Waals surface area contributed by atoms with Crippen molar-refractivity contribution in [1.29, 1.82) is 0 Å². The van der Waals surface area contributed by atoms with Crippen LogP contribution in [0.2, 0.25) is 0 Å². The van der Waals surface area contributed by atoms with Gasteiger partial charge in [-0.2, -0.15) is 0 Å². The molecule has 0 saturated carbocycles. The highest BCUT2D eigenvalue weighted by Gasteiger charge is 2.13. The van der Waals surface area contributed by atoms with Crippen molar-refractivity contribution in [3.05, 3.63) is 65.0 Å². The standard InChI is InChI=1S/C19H23N3O2/c1-4-14(3)22-19(24)17-11-16(9-10-20-17)18(23)21-12-15-7-5-13(2)6-8-15/h5-11,14H,4,12H2,1-3H3,(H,21,23)(H,22,24). The Morgan fingerprint density at radius 2 is 1.83 bits per heavy atom. The number of hydrogen-bond donors (Lipinski definition) is 2. The lowest BCUT2D eigenvalue weighted by Gasteiger charge is -2.11. The number of nitrogens with zero attached hydrogens (tertiary/aromatic N) is 1. The van der Waals surface area contributed by atoms with E-state index in [-0.39, 0.29) is 23.6 Å². The lowest BCUT2D eigenvalue weighted by atomic mass is 10.1. The molecule has 1 atom stereocenters. The van der Waals surface area contributed by atoms with E-state index in [4.69, 9.17) is 0 Å². The van der Waals surface area contributed by atoms with Gasteiger partial charge in [0.15, 0.2) is 0 Å². The summed E-state index contributed by atoms with van der Waals surface area (Å²) in [6, 6.07) is 11.2. The monoisotopic (exact) mass is 325 g/mol. The number of carbonyl (C=O) groups excluding carboxylic acids is 2. The van der Waals surface area contributed by atoms with Gasteiger partial charge < -0.3 is 10.6 Å². The van der Waals surface area contributed by atoms with E-state index in [0.717, 1.165) is 12.0 Å². The molecule has 0 radical (unpaired) electrons. The van der Waals surface area contributed by atoms with Gasteiger partial charge in [0.2, 0.25) is 0 Å². The first-order valence-corrected chi connectivity index (χ1v) is 8.10. The Kier molecular flexibility index (Phi) is 6.07. The third-order valence-electron chi connectivity index (χ3n) is 3.82. The molecule has 5 nitrogen and oxygen atoms in total. The SMILES string of the molecule is CCC(C)NC(=O)c1cc(C(=O)NCc2ccc(C)cc2)ccn1. The molecule has 1 heterocycles. The van der Waals surface area contributed by atoms with Crippen molar-refractivity contribution in [3.8, 4) is 0 Å². The number of aromatic nitrogens is 1. The van der Waals surface area contributed by atoms with Crippen LogP contribution in [-0.4, -0.2) is 22.8 Å². The summed E-state index contributed by atoms with van der Waals surface area (Å²) in [7, 11) is 0. The van der Waals surface area contributed by atoms with Crippen LogP contribution in [0.5, 0.6) is 0 Å². The van der Waals surface area contributed by atoms with Crippen LogP contribution in [0.15, 0.2) is 42.6 Å². The quantitative estimate of drug-likeness (QED) is 0.858. The third-order valence-corrected chi connectivity index (χ3v) is 3.82. The third kappa shape index (κ3) is 4.91. The maximum absolute atomic E-state index is 12.3. The second-order valence-corrected chi connectivity index (χ2v) is 5.88. The Balaban J connectivity index is 2.00. The summed E-state index contributed by atoms with van der Waals surface area (Å²) in [6.45, 7) is 6.38. The van der Waals surface area contributed by atoms with Crippen molar-refractivity contribution in [3.63, 3.8) is 0 Å². The number of pyridine rings is 1. The van der Waals surface area contributed by atoms with E-state index in [1.807, 2.05) is 45.0 Å². The summed E-state index contributed by atoms with van der Waals surface area (Å²) < 4.78 is 0. The molecule has 2 aromatic rings. The number of carbonyl (C=O) groups is 2. The second-order valence-electron chi connectivity index (χ2n) is 5.88. The molecule has 0 fully saturated rings. The van der Waals surface area contributed by atoms with E-state index in [0.29, 0.717) is 12.1 Å². The van der Waals surface area contributed by atoms with Crippen molar-refractivity contribution in [2.75, 3.05) is 0 Å². The van der Waals surface area contributed by atoms with Crippen molar-refractivity contribution in [1.82, 2.24) is 15.6 Å². The summed E-state index contributed by atoms with van der Waals surface area (Å²) in [6.07, 6.45) is 2.31. The van der Waals surface area contributed by atoms with Crippen LogP contribution in [0.25, 0.3) is 0 Å². The summed E-state index contributed by atoms with van der Waals surface area (Å²) in [4.78, 5) is 28.4. The van der Waals surface area contributed by atoms with Gasteiger partial charge in [-0.1, -0.05) is 36.8 Å². The highest BCUT2D eigenvalue weighted by atomic mass is 16.2. The maximum atomic E-state index is 12.3. The van der Waals surface area contributed by atoms with Gasteiger partial charge in [0.05, 0.1) is 0 Å². The van der Waals surface area contributed by atoms with E-state index in [1.165, 1.54) is 17.8 Å². The number of aryl methyl sites for hydroxylation is 1. The average molecular weight is 325 g/mol. The summed E-state index contributed by atoms with van der Waals surface area (Å²) in [5.74, 6) is -0.493. The van der Waals surface area contributed by atoms with E-state index < -0.39 is 0 Å². The number of amides is 2. The van der Waals surface area contributed by atoms with Crippen molar-refractivity contribution < 1.29 is 9.59 Å². The fourth-order valence-electron chi connectivity index (χ4n) is 2.09. The normalized spacial score (nSPS) is 11.6. The molecule has 2 N–H and O–H groups in total. The molecule has 0 aliphatic heterocycles. The number of benzene rings is 1. The van der Waals surface area contributed by atoms with Gasteiger partial charge in [-0.15, -0.1) is 0 Å². The van der Waals surface area contributed by atoms with Crippen LogP contribution < -0.4 is 10.6 Å². The topological polar surface area (TPSA) is 71.1 Å². The fraction of sp³-hybridized carbons (Fsp3) is 0.316. The van der Waals surface area contributed by atoms with Gasteiger partial charge in [0.25, 0.3) is 11.8 Å². The molecule has 1 aromatic heterocycles. The van der Waals surface area contributed by atoms with Crippen LogP contribution >= 0.6 is 0 Å². The van der Waals surface area contributed by atoms with Crippen LogP contribution in [0, 0.1) is 6.92 Å². The van der Waals surface area contributed by atoms with Gasteiger partial charge >= 0.3 is 0 Å². The first-order valence-electron chi connectivity index (χ1n) is 8.10. The van der Waals surface area contributed by atoms with Crippen LogP contribution in [0.3, 0.4) is 0 Å². The van der Waals surface area contributed by atoms with Crippen molar-refractivity contribution in [2.24, 2.45) is 0 Å². The molecule has 1 unspecified atom stereocenters. The van der Waals surface area contributed by atoms with Crippen molar-refractivity contribution in [2.45, 2.75) is 39.8 Å². The lowest BCUT2D eigenvalue weighted by Crippen LogP contribution is -2.32. The Hall–Kier alpha value is -2.69. The first kappa shape index (κ1) is 17.7. The second kappa shape index (κ2) is 8.24. The molecule has 0 aliphatic carbocycles. The molecule has 1 aromatic carbocycles. The molecule has 126 valence electrons. The highest BCUT2D eigenvalue weighted by Crippen LogP contribution is 2.06. The van der Waals surface area contributed by atoms with Gasteiger partial charge in [-0.05, 0) is 38.0 Å². The van der Waals surface area contributed by atoms with Crippen LogP contribution in [0.4, 0.5) is 0 Å². The van der Waals surface area contributed by atoms with E-state index in [2.05, 4.69) is 15.6 Å².